The van der Waals surface area contributed by atoms with E-state index in [2.05, 4.69) is 5.32 Å². The molecule has 1 aliphatic heterocycles. The molecule has 0 saturated carbocycles. The molecule has 1 N–H and O–H groups in total. The molecule has 0 aromatic heterocycles. The van der Waals surface area contributed by atoms with Crippen LogP contribution in [0.25, 0.3) is 0 Å². The Morgan fingerprint density at radius 1 is 1.25 bits per heavy atom. The van der Waals surface area contributed by atoms with Gasteiger partial charge in [-0.05, 0) is 35.6 Å². The van der Waals surface area contributed by atoms with Crippen molar-refractivity contribution in [3.8, 4) is 0 Å². The lowest BCUT2D eigenvalue weighted by Crippen LogP contribution is -2.30. The van der Waals surface area contributed by atoms with Crippen LogP contribution in [0.1, 0.15) is 25.0 Å². The van der Waals surface area contributed by atoms with E-state index in [4.69, 9.17) is 0 Å². The molecule has 0 fully saturated rings. The molecule has 88 valence electrons. The van der Waals surface area contributed by atoms with Crippen molar-refractivity contribution in [3.63, 3.8) is 0 Å². The average molecular weight is 229 g/mol. The first kappa shape index (κ1) is 11.3. The molecule has 4 heteroatoms. The second kappa shape index (κ2) is 3.40. The monoisotopic (exact) mass is 229 g/mol. The van der Waals surface area contributed by atoms with E-state index in [-0.39, 0.29) is 5.41 Å². The minimum atomic E-state index is -4.25. The minimum Gasteiger partial charge on any atom is -0.384 e. The molecule has 0 bridgehead atoms. The summed E-state index contributed by atoms with van der Waals surface area (Å²) < 4.78 is 37.6. The lowest BCUT2D eigenvalue weighted by Gasteiger charge is -2.32. The molecule has 1 aromatic carbocycles. The van der Waals surface area contributed by atoms with Crippen LogP contribution in [0.3, 0.4) is 0 Å². The van der Waals surface area contributed by atoms with Crippen LogP contribution in [-0.2, 0) is 12.6 Å². The third-order valence-corrected chi connectivity index (χ3v) is 2.86. The number of rotatable bonds is 0. The normalized spacial score (nSPS) is 18.8. The highest BCUT2D eigenvalue weighted by molar-refractivity contribution is 5.55. The summed E-state index contributed by atoms with van der Waals surface area (Å²) in [6.45, 7) is 4.89. The quantitative estimate of drug-likeness (QED) is 0.715. The van der Waals surface area contributed by atoms with Crippen molar-refractivity contribution in [2.45, 2.75) is 26.4 Å². The Kier molecular flexibility index (Phi) is 2.40. The summed E-state index contributed by atoms with van der Waals surface area (Å²) in [6.07, 6.45) is -3.57. The van der Waals surface area contributed by atoms with Crippen molar-refractivity contribution in [1.29, 1.82) is 0 Å². The molecule has 2 rings (SSSR count). The van der Waals surface area contributed by atoms with E-state index in [9.17, 15) is 13.2 Å². The Hall–Kier alpha value is -1.19. The molecule has 0 radical (unpaired) electrons. The number of alkyl halides is 3. The Labute approximate surface area is 92.7 Å². The Morgan fingerprint density at radius 2 is 1.94 bits per heavy atom. The van der Waals surface area contributed by atoms with Crippen LogP contribution in [0.2, 0.25) is 0 Å². The number of fused-ring (bicyclic) bond motifs is 1. The highest BCUT2D eigenvalue weighted by Gasteiger charge is 2.32. The molecule has 1 nitrogen and oxygen atoms in total. The number of halogens is 3. The van der Waals surface area contributed by atoms with Crippen LogP contribution < -0.4 is 5.32 Å². The summed E-state index contributed by atoms with van der Waals surface area (Å²) in [5.74, 6) is 0. The van der Waals surface area contributed by atoms with E-state index >= 15 is 0 Å². The topological polar surface area (TPSA) is 12.0 Å². The average Bonchev–Trinajstić information content (AvgIpc) is 2.13. The molecule has 0 aliphatic carbocycles. The highest BCUT2D eigenvalue weighted by atomic mass is 19.4. The van der Waals surface area contributed by atoms with E-state index in [1.54, 1.807) is 0 Å². The number of anilines is 1. The van der Waals surface area contributed by atoms with Crippen molar-refractivity contribution < 1.29 is 13.2 Å². The van der Waals surface area contributed by atoms with Crippen molar-refractivity contribution in [1.82, 2.24) is 0 Å². The van der Waals surface area contributed by atoms with Crippen LogP contribution in [0.15, 0.2) is 18.2 Å². The van der Waals surface area contributed by atoms with Gasteiger partial charge < -0.3 is 5.32 Å². The Bertz CT molecular complexity index is 407. The molecule has 0 saturated heterocycles. The van der Waals surface area contributed by atoms with E-state index < -0.39 is 11.7 Å². The summed E-state index contributed by atoms with van der Waals surface area (Å²) in [7, 11) is 0. The number of hydrogen-bond acceptors (Lipinski definition) is 1. The van der Waals surface area contributed by atoms with E-state index in [1.807, 2.05) is 13.8 Å². The predicted octanol–water partition coefficient (Wildman–Crippen LogP) is 3.70. The van der Waals surface area contributed by atoms with Crippen molar-refractivity contribution in [2.75, 3.05) is 11.9 Å². The molecule has 0 spiro atoms. The fourth-order valence-corrected chi connectivity index (χ4v) is 2.00. The first-order valence-corrected chi connectivity index (χ1v) is 5.22. The maximum absolute atomic E-state index is 12.5. The summed E-state index contributed by atoms with van der Waals surface area (Å²) in [5.41, 5.74) is 1.03. The third-order valence-electron chi connectivity index (χ3n) is 2.86. The van der Waals surface area contributed by atoms with E-state index in [0.29, 0.717) is 6.42 Å². The van der Waals surface area contributed by atoms with Gasteiger partial charge in [-0.1, -0.05) is 13.8 Å². The predicted molar refractivity (Wildman–Crippen MR) is 57.4 cm³/mol. The molecular weight excluding hydrogens is 215 g/mol. The van der Waals surface area contributed by atoms with Crippen molar-refractivity contribution in [2.24, 2.45) is 5.41 Å². The minimum absolute atomic E-state index is 0.0111. The fraction of sp³-hybridized carbons (Fsp3) is 0.500. The zero-order valence-electron chi connectivity index (χ0n) is 9.28. The van der Waals surface area contributed by atoms with E-state index in [1.165, 1.54) is 12.1 Å². The first-order chi connectivity index (χ1) is 7.28. The standard InChI is InChI=1S/C12H14F3N/c1-11(2)6-8-5-9(12(13,14)15)3-4-10(8)16-7-11/h3-5,16H,6-7H2,1-2H3. The van der Waals surface area contributed by atoms with Crippen LogP contribution in [0.4, 0.5) is 18.9 Å². The van der Waals surface area contributed by atoms with Crippen LogP contribution in [-0.4, -0.2) is 6.54 Å². The zero-order chi connectivity index (χ0) is 12.0. The highest BCUT2D eigenvalue weighted by Crippen LogP contribution is 2.36. The molecule has 0 amide bonds. The molecule has 1 heterocycles. The van der Waals surface area contributed by atoms with Gasteiger partial charge in [-0.15, -0.1) is 0 Å². The van der Waals surface area contributed by atoms with Gasteiger partial charge in [0.1, 0.15) is 0 Å². The Balaban J connectivity index is 2.39. The molecule has 0 atom stereocenters. The van der Waals surface area contributed by atoms with Gasteiger partial charge in [0.05, 0.1) is 5.56 Å². The second-order valence-electron chi connectivity index (χ2n) is 5.06. The Morgan fingerprint density at radius 3 is 2.56 bits per heavy atom. The largest absolute Gasteiger partial charge is 0.416 e. The summed E-state index contributed by atoms with van der Waals surface area (Å²) >= 11 is 0. The van der Waals surface area contributed by atoms with Gasteiger partial charge >= 0.3 is 6.18 Å². The molecule has 1 aliphatic rings. The van der Waals surface area contributed by atoms with Crippen LogP contribution >= 0.6 is 0 Å². The number of nitrogens with one attached hydrogen (secondary N) is 1. The maximum Gasteiger partial charge on any atom is 0.416 e. The third kappa shape index (κ3) is 2.15. The lowest BCUT2D eigenvalue weighted by atomic mass is 9.82. The second-order valence-corrected chi connectivity index (χ2v) is 5.06. The van der Waals surface area contributed by atoms with Gasteiger partial charge in [-0.2, -0.15) is 13.2 Å². The van der Waals surface area contributed by atoms with Gasteiger partial charge in [-0.25, -0.2) is 0 Å². The molecular formula is C12H14F3N. The fourth-order valence-electron chi connectivity index (χ4n) is 2.00. The smallest absolute Gasteiger partial charge is 0.384 e. The summed E-state index contributed by atoms with van der Waals surface area (Å²) in [4.78, 5) is 0. The van der Waals surface area contributed by atoms with Gasteiger partial charge in [0, 0.05) is 12.2 Å². The first-order valence-electron chi connectivity index (χ1n) is 5.22. The lowest BCUT2D eigenvalue weighted by molar-refractivity contribution is -0.137. The van der Waals surface area contributed by atoms with E-state index in [0.717, 1.165) is 23.9 Å². The maximum atomic E-state index is 12.5. The summed E-state index contributed by atoms with van der Waals surface area (Å²) in [5, 5.41) is 3.16. The van der Waals surface area contributed by atoms with Crippen LogP contribution in [0.5, 0.6) is 0 Å². The summed E-state index contributed by atoms with van der Waals surface area (Å²) in [6, 6.07) is 3.90. The molecule has 0 unspecified atom stereocenters. The number of hydrogen-bond donors (Lipinski definition) is 1. The van der Waals surface area contributed by atoms with Crippen molar-refractivity contribution in [3.05, 3.63) is 29.3 Å². The molecule has 1 aromatic rings. The number of benzene rings is 1. The van der Waals surface area contributed by atoms with Crippen LogP contribution in [0, 0.1) is 5.41 Å². The van der Waals surface area contributed by atoms with Gasteiger partial charge in [0.2, 0.25) is 0 Å². The van der Waals surface area contributed by atoms with Gasteiger partial charge in [-0.3, -0.25) is 0 Å². The van der Waals surface area contributed by atoms with Gasteiger partial charge in [0.15, 0.2) is 0 Å². The zero-order valence-corrected chi connectivity index (χ0v) is 9.28. The molecule has 16 heavy (non-hydrogen) atoms. The van der Waals surface area contributed by atoms with Crippen molar-refractivity contribution >= 4 is 5.69 Å². The SMILES string of the molecule is CC1(C)CNc2ccc(C(F)(F)F)cc2C1. The van der Waals surface area contributed by atoms with Gasteiger partial charge in [0.25, 0.3) is 0 Å².